The standard InChI is InChI=1S/C29H34O10/c1-14-12-20-23(15(2)19(14)10-11-30)24(34)16(3)27(20)39-29-26(36)25(35)28(21(13-31)37-29)38-22(33)9-6-17-4-7-18(32)8-5-17/h4-9,12,16,21,25-32,35-36H,10-11,13H2,1-3H3/t16-,21+,25+,26+,27-,28+,29-/m0/s1. The largest absolute Gasteiger partial charge is 0.508 e. The van der Waals surface area contributed by atoms with Crippen LogP contribution in [-0.2, 0) is 25.4 Å². The lowest BCUT2D eigenvalue weighted by molar-refractivity contribution is -0.315. The average Bonchev–Trinajstić information content (AvgIpc) is 3.14. The Bertz CT molecular complexity index is 1240. The minimum Gasteiger partial charge on any atom is -0.508 e. The van der Waals surface area contributed by atoms with Crippen LogP contribution < -0.4 is 0 Å². The number of ether oxygens (including phenoxy) is 3. The lowest BCUT2D eigenvalue weighted by Gasteiger charge is -2.42. The quantitative estimate of drug-likeness (QED) is 0.244. The van der Waals surface area contributed by atoms with Gasteiger partial charge in [0.2, 0.25) is 0 Å². The third kappa shape index (κ3) is 5.76. The minimum absolute atomic E-state index is 0.0506. The maximum Gasteiger partial charge on any atom is 0.331 e. The fourth-order valence-corrected chi connectivity index (χ4v) is 5.31. The van der Waals surface area contributed by atoms with Crippen molar-refractivity contribution in [1.29, 1.82) is 0 Å². The smallest absolute Gasteiger partial charge is 0.331 e. The molecule has 2 aliphatic rings. The molecule has 0 bridgehead atoms. The molecule has 5 N–H and O–H groups in total. The zero-order chi connectivity index (χ0) is 28.4. The van der Waals surface area contributed by atoms with Gasteiger partial charge in [-0.3, -0.25) is 4.79 Å². The number of phenolic OH excluding ortho intramolecular Hbond substituents is 1. The van der Waals surface area contributed by atoms with E-state index in [0.29, 0.717) is 23.1 Å². The summed E-state index contributed by atoms with van der Waals surface area (Å²) in [7, 11) is 0. The predicted molar refractivity (Wildman–Crippen MR) is 139 cm³/mol. The fraction of sp³-hybridized carbons (Fsp3) is 0.448. The number of phenols is 1. The molecule has 10 heteroatoms. The molecule has 210 valence electrons. The minimum atomic E-state index is -1.64. The molecule has 0 saturated carbocycles. The number of aryl methyl sites for hydroxylation is 1. The summed E-state index contributed by atoms with van der Waals surface area (Å²) < 4.78 is 17.1. The average molecular weight is 543 g/mol. The molecule has 7 atom stereocenters. The zero-order valence-corrected chi connectivity index (χ0v) is 22.0. The molecule has 1 fully saturated rings. The van der Waals surface area contributed by atoms with Crippen molar-refractivity contribution in [3.63, 3.8) is 0 Å². The first kappa shape index (κ1) is 28.9. The molecule has 1 aliphatic heterocycles. The van der Waals surface area contributed by atoms with Crippen LogP contribution in [0.4, 0.5) is 0 Å². The topological polar surface area (TPSA) is 163 Å². The molecular formula is C29H34O10. The van der Waals surface area contributed by atoms with E-state index in [1.165, 1.54) is 18.2 Å². The molecule has 2 aromatic rings. The molecule has 1 saturated heterocycles. The van der Waals surface area contributed by atoms with Crippen LogP contribution in [-0.4, -0.2) is 81.2 Å². The summed E-state index contributed by atoms with van der Waals surface area (Å²) in [6.45, 7) is 4.73. The highest BCUT2D eigenvalue weighted by atomic mass is 16.7. The van der Waals surface area contributed by atoms with Crippen molar-refractivity contribution < 1.29 is 49.3 Å². The second kappa shape index (κ2) is 12.0. The summed E-state index contributed by atoms with van der Waals surface area (Å²) in [5.74, 6) is -1.51. The Morgan fingerprint density at radius 3 is 2.44 bits per heavy atom. The maximum atomic E-state index is 13.1. The molecule has 1 aliphatic carbocycles. The van der Waals surface area contributed by atoms with E-state index >= 15 is 0 Å². The summed E-state index contributed by atoms with van der Waals surface area (Å²) in [4.78, 5) is 25.6. The fourth-order valence-electron chi connectivity index (χ4n) is 5.31. The highest BCUT2D eigenvalue weighted by Gasteiger charge is 2.49. The number of carbonyl (C=O) groups excluding carboxylic acids is 2. The Kier molecular flexibility index (Phi) is 8.85. The number of rotatable bonds is 8. The molecule has 39 heavy (non-hydrogen) atoms. The van der Waals surface area contributed by atoms with Crippen LogP contribution in [0.3, 0.4) is 0 Å². The van der Waals surface area contributed by atoms with Gasteiger partial charge in [-0.05, 0) is 66.3 Å². The predicted octanol–water partition coefficient (Wildman–Crippen LogP) is 1.50. The normalized spacial score (nSPS) is 28.6. The van der Waals surface area contributed by atoms with Gasteiger partial charge in [-0.2, -0.15) is 0 Å². The van der Waals surface area contributed by atoms with E-state index in [1.807, 2.05) is 19.9 Å². The van der Waals surface area contributed by atoms with Gasteiger partial charge in [0.25, 0.3) is 0 Å². The molecular weight excluding hydrogens is 508 g/mol. The number of ketones is 1. The van der Waals surface area contributed by atoms with Gasteiger partial charge in [-0.15, -0.1) is 0 Å². The van der Waals surface area contributed by atoms with Crippen molar-refractivity contribution in [2.24, 2.45) is 5.92 Å². The monoisotopic (exact) mass is 542 g/mol. The van der Waals surface area contributed by atoms with E-state index in [4.69, 9.17) is 14.2 Å². The highest BCUT2D eigenvalue weighted by molar-refractivity contribution is 6.04. The lowest BCUT2D eigenvalue weighted by atomic mass is 9.92. The summed E-state index contributed by atoms with van der Waals surface area (Å²) in [6.07, 6.45) is -5.11. The molecule has 0 amide bonds. The van der Waals surface area contributed by atoms with Gasteiger partial charge in [0.05, 0.1) is 18.6 Å². The Balaban J connectivity index is 1.50. The van der Waals surface area contributed by atoms with Gasteiger partial charge in [-0.25, -0.2) is 4.79 Å². The van der Waals surface area contributed by atoms with E-state index in [0.717, 1.165) is 22.8 Å². The van der Waals surface area contributed by atoms with E-state index in [1.54, 1.807) is 19.1 Å². The molecule has 0 aromatic heterocycles. The van der Waals surface area contributed by atoms with Crippen molar-refractivity contribution in [2.45, 2.75) is 64.0 Å². The first-order valence-corrected chi connectivity index (χ1v) is 12.8. The van der Waals surface area contributed by atoms with Crippen molar-refractivity contribution in [1.82, 2.24) is 0 Å². The van der Waals surface area contributed by atoms with Crippen molar-refractivity contribution in [3.05, 3.63) is 69.8 Å². The molecule has 4 rings (SSSR count). The van der Waals surface area contributed by atoms with Crippen LogP contribution in [0, 0.1) is 19.8 Å². The highest BCUT2D eigenvalue weighted by Crippen LogP contribution is 2.43. The van der Waals surface area contributed by atoms with Gasteiger partial charge in [0.1, 0.15) is 24.1 Å². The zero-order valence-electron chi connectivity index (χ0n) is 22.0. The molecule has 10 nitrogen and oxygen atoms in total. The maximum absolute atomic E-state index is 13.1. The summed E-state index contributed by atoms with van der Waals surface area (Å²) >= 11 is 0. The van der Waals surface area contributed by atoms with Crippen molar-refractivity contribution >= 4 is 17.8 Å². The third-order valence-corrected chi connectivity index (χ3v) is 7.41. The lowest BCUT2D eigenvalue weighted by Crippen LogP contribution is -2.60. The molecule has 0 spiro atoms. The van der Waals surface area contributed by atoms with Gasteiger partial charge < -0.3 is 39.7 Å². The molecule has 2 aromatic carbocycles. The number of aliphatic hydroxyl groups excluding tert-OH is 4. The van der Waals surface area contributed by atoms with E-state index in [9.17, 15) is 35.1 Å². The first-order chi connectivity index (χ1) is 18.6. The number of fused-ring (bicyclic) bond motifs is 1. The van der Waals surface area contributed by atoms with E-state index < -0.39 is 55.3 Å². The summed E-state index contributed by atoms with van der Waals surface area (Å²) in [6, 6.07) is 7.91. The van der Waals surface area contributed by atoms with Crippen LogP contribution >= 0.6 is 0 Å². The van der Waals surface area contributed by atoms with Crippen LogP contribution in [0.2, 0.25) is 0 Å². The number of aromatic hydroxyl groups is 1. The van der Waals surface area contributed by atoms with E-state index in [2.05, 4.69) is 0 Å². The summed E-state index contributed by atoms with van der Waals surface area (Å²) in [5.41, 5.74) is 4.31. The van der Waals surface area contributed by atoms with Crippen molar-refractivity contribution in [2.75, 3.05) is 13.2 Å². The Hall–Kier alpha value is -3.12. The second-order valence-corrected chi connectivity index (χ2v) is 9.98. The second-order valence-electron chi connectivity index (χ2n) is 9.98. The number of hydrogen-bond acceptors (Lipinski definition) is 10. The van der Waals surface area contributed by atoms with Crippen LogP contribution in [0.25, 0.3) is 6.08 Å². The molecule has 1 heterocycles. The molecule has 0 unspecified atom stereocenters. The van der Waals surface area contributed by atoms with Gasteiger partial charge in [0, 0.05) is 18.2 Å². The number of benzene rings is 2. The molecule has 0 radical (unpaired) electrons. The summed E-state index contributed by atoms with van der Waals surface area (Å²) in [5, 5.41) is 50.3. The van der Waals surface area contributed by atoms with Crippen LogP contribution in [0.5, 0.6) is 5.75 Å². The van der Waals surface area contributed by atoms with Gasteiger partial charge in [-0.1, -0.05) is 25.1 Å². The number of Topliss-reactive ketones (excluding diaryl/α,β-unsaturated/α-hetero) is 1. The Morgan fingerprint density at radius 1 is 1.10 bits per heavy atom. The number of esters is 1. The van der Waals surface area contributed by atoms with Crippen LogP contribution in [0.15, 0.2) is 36.4 Å². The van der Waals surface area contributed by atoms with Crippen LogP contribution in [0.1, 0.15) is 51.2 Å². The van der Waals surface area contributed by atoms with Gasteiger partial charge in [0.15, 0.2) is 18.2 Å². The number of carbonyl (C=O) groups is 2. The van der Waals surface area contributed by atoms with E-state index in [-0.39, 0.29) is 18.1 Å². The number of hydrogen-bond donors (Lipinski definition) is 5. The third-order valence-electron chi connectivity index (χ3n) is 7.41. The SMILES string of the molecule is Cc1cc2c(c(C)c1CCO)C(=O)[C@H](C)[C@@H]2O[C@@H]1O[C@H](CO)[C@@H](OC(=O)C=Cc2ccc(O)cc2)[C@H](O)[C@H]1O. The number of aliphatic hydroxyl groups is 4. The Morgan fingerprint density at radius 2 is 1.79 bits per heavy atom. The Labute approximate surface area is 226 Å². The first-order valence-electron chi connectivity index (χ1n) is 12.8. The van der Waals surface area contributed by atoms with Gasteiger partial charge >= 0.3 is 5.97 Å². The van der Waals surface area contributed by atoms with Crippen molar-refractivity contribution in [3.8, 4) is 5.75 Å².